The van der Waals surface area contributed by atoms with Crippen molar-refractivity contribution >= 4 is 5.91 Å². The summed E-state index contributed by atoms with van der Waals surface area (Å²) in [5.74, 6) is 1.89. The van der Waals surface area contributed by atoms with E-state index in [1.165, 1.54) is 0 Å². The molecule has 1 amide bonds. The molecule has 1 N–H and O–H groups in total. The van der Waals surface area contributed by atoms with Gasteiger partial charge in [-0.05, 0) is 31.0 Å². The van der Waals surface area contributed by atoms with E-state index in [1.54, 1.807) is 14.2 Å². The van der Waals surface area contributed by atoms with Crippen molar-refractivity contribution in [3.8, 4) is 11.5 Å². The van der Waals surface area contributed by atoms with Gasteiger partial charge >= 0.3 is 0 Å². The number of hydrogen-bond donors (Lipinski definition) is 1. The van der Waals surface area contributed by atoms with Gasteiger partial charge in [0.2, 0.25) is 5.91 Å². The van der Waals surface area contributed by atoms with Crippen molar-refractivity contribution in [3.63, 3.8) is 0 Å². The minimum Gasteiger partial charge on any atom is -0.497 e. The summed E-state index contributed by atoms with van der Waals surface area (Å²) in [6.45, 7) is 0.482. The molecule has 4 nitrogen and oxygen atoms in total. The molecule has 1 aliphatic carbocycles. The summed E-state index contributed by atoms with van der Waals surface area (Å²) in [7, 11) is 3.24. The largest absolute Gasteiger partial charge is 0.497 e. The number of hydrogen-bond acceptors (Lipinski definition) is 3. The predicted molar refractivity (Wildman–Crippen MR) is 64.1 cm³/mol. The summed E-state index contributed by atoms with van der Waals surface area (Å²) in [6.07, 6.45) is 2.03. The highest BCUT2D eigenvalue weighted by Gasteiger charge is 2.29. The van der Waals surface area contributed by atoms with Gasteiger partial charge < -0.3 is 14.8 Å². The van der Waals surface area contributed by atoms with Gasteiger partial charge in [0.25, 0.3) is 0 Å². The monoisotopic (exact) mass is 235 g/mol. The fourth-order valence-electron chi connectivity index (χ4n) is 1.69. The number of amides is 1. The highest BCUT2D eigenvalue weighted by Crippen LogP contribution is 2.29. The van der Waals surface area contributed by atoms with E-state index in [0.29, 0.717) is 6.54 Å². The molecule has 1 aromatic rings. The first-order valence-corrected chi connectivity index (χ1v) is 5.73. The molecule has 0 spiro atoms. The molecule has 1 saturated carbocycles. The normalized spacial score (nSPS) is 14.2. The maximum atomic E-state index is 11.5. The van der Waals surface area contributed by atoms with Gasteiger partial charge in [0.05, 0.1) is 14.2 Å². The van der Waals surface area contributed by atoms with Crippen molar-refractivity contribution in [3.05, 3.63) is 23.8 Å². The SMILES string of the molecule is COc1ccc(OC)c(CNC(=O)C2CC2)c1. The van der Waals surface area contributed by atoms with Gasteiger partial charge in [-0.3, -0.25) is 4.79 Å². The van der Waals surface area contributed by atoms with Crippen LogP contribution in [0.3, 0.4) is 0 Å². The van der Waals surface area contributed by atoms with Gasteiger partial charge in [-0.15, -0.1) is 0 Å². The average molecular weight is 235 g/mol. The van der Waals surface area contributed by atoms with E-state index in [4.69, 9.17) is 9.47 Å². The number of benzene rings is 1. The Morgan fingerprint density at radius 3 is 2.71 bits per heavy atom. The van der Waals surface area contributed by atoms with Crippen LogP contribution < -0.4 is 14.8 Å². The average Bonchev–Trinajstić information content (AvgIpc) is 3.19. The van der Waals surface area contributed by atoms with Gasteiger partial charge in [0.1, 0.15) is 11.5 Å². The molecule has 1 aromatic carbocycles. The molecule has 0 radical (unpaired) electrons. The molecule has 17 heavy (non-hydrogen) atoms. The summed E-state index contributed by atoms with van der Waals surface area (Å²) < 4.78 is 10.4. The zero-order chi connectivity index (χ0) is 12.3. The smallest absolute Gasteiger partial charge is 0.223 e. The third-order valence-corrected chi connectivity index (χ3v) is 2.89. The van der Waals surface area contributed by atoms with Crippen LogP contribution in [0.4, 0.5) is 0 Å². The molecule has 1 aliphatic rings. The van der Waals surface area contributed by atoms with E-state index < -0.39 is 0 Å². The Kier molecular flexibility index (Phi) is 3.52. The van der Waals surface area contributed by atoms with Crippen molar-refractivity contribution in [2.24, 2.45) is 5.92 Å². The van der Waals surface area contributed by atoms with Crippen LogP contribution in [0.25, 0.3) is 0 Å². The number of carbonyl (C=O) groups is 1. The molecular weight excluding hydrogens is 218 g/mol. The molecule has 0 unspecified atom stereocenters. The van der Waals surface area contributed by atoms with Gasteiger partial charge in [-0.1, -0.05) is 0 Å². The van der Waals surface area contributed by atoms with Gasteiger partial charge in [0.15, 0.2) is 0 Å². The van der Waals surface area contributed by atoms with Crippen molar-refractivity contribution in [1.29, 1.82) is 0 Å². The quantitative estimate of drug-likeness (QED) is 0.845. The summed E-state index contributed by atoms with van der Waals surface area (Å²) in [5.41, 5.74) is 0.931. The lowest BCUT2D eigenvalue weighted by molar-refractivity contribution is -0.122. The van der Waals surface area contributed by atoms with Crippen LogP contribution in [0, 0.1) is 5.92 Å². The molecule has 0 heterocycles. The summed E-state index contributed by atoms with van der Waals surface area (Å²) in [5, 5.41) is 2.91. The Morgan fingerprint density at radius 2 is 2.12 bits per heavy atom. The second-order valence-electron chi connectivity index (χ2n) is 4.17. The first-order chi connectivity index (χ1) is 8.24. The minimum atomic E-state index is 0.134. The lowest BCUT2D eigenvalue weighted by atomic mass is 10.2. The molecule has 0 atom stereocenters. The molecule has 0 saturated heterocycles. The molecule has 0 aromatic heterocycles. The van der Waals surface area contributed by atoms with Crippen LogP contribution in [-0.2, 0) is 11.3 Å². The van der Waals surface area contributed by atoms with Crippen molar-refractivity contribution in [2.75, 3.05) is 14.2 Å². The van der Waals surface area contributed by atoms with Crippen molar-refractivity contribution in [1.82, 2.24) is 5.32 Å². The lowest BCUT2D eigenvalue weighted by Gasteiger charge is -2.11. The fraction of sp³-hybridized carbons (Fsp3) is 0.462. The van der Waals surface area contributed by atoms with Crippen LogP contribution in [0.2, 0.25) is 0 Å². The second-order valence-corrected chi connectivity index (χ2v) is 4.17. The second kappa shape index (κ2) is 5.08. The van der Waals surface area contributed by atoms with E-state index in [1.807, 2.05) is 18.2 Å². The maximum Gasteiger partial charge on any atom is 0.223 e. The minimum absolute atomic E-state index is 0.134. The third-order valence-electron chi connectivity index (χ3n) is 2.89. The standard InChI is InChI=1S/C13H17NO3/c1-16-11-5-6-12(17-2)10(7-11)8-14-13(15)9-3-4-9/h5-7,9H,3-4,8H2,1-2H3,(H,14,15). The van der Waals surface area contributed by atoms with Crippen LogP contribution in [0.5, 0.6) is 11.5 Å². The van der Waals surface area contributed by atoms with Crippen LogP contribution in [0.1, 0.15) is 18.4 Å². The van der Waals surface area contributed by atoms with Gasteiger partial charge in [-0.25, -0.2) is 0 Å². The van der Waals surface area contributed by atoms with Crippen LogP contribution >= 0.6 is 0 Å². The Morgan fingerprint density at radius 1 is 1.35 bits per heavy atom. The molecule has 0 bridgehead atoms. The molecular formula is C13H17NO3. The molecule has 1 fully saturated rings. The van der Waals surface area contributed by atoms with E-state index in [-0.39, 0.29) is 11.8 Å². The van der Waals surface area contributed by atoms with E-state index in [0.717, 1.165) is 29.9 Å². The number of rotatable bonds is 5. The zero-order valence-electron chi connectivity index (χ0n) is 10.2. The van der Waals surface area contributed by atoms with E-state index >= 15 is 0 Å². The highest BCUT2D eigenvalue weighted by molar-refractivity contribution is 5.80. The van der Waals surface area contributed by atoms with Crippen molar-refractivity contribution < 1.29 is 14.3 Å². The summed E-state index contributed by atoms with van der Waals surface area (Å²) >= 11 is 0. The maximum absolute atomic E-state index is 11.5. The first-order valence-electron chi connectivity index (χ1n) is 5.73. The molecule has 2 rings (SSSR count). The van der Waals surface area contributed by atoms with Gasteiger partial charge in [0, 0.05) is 18.0 Å². The first kappa shape index (κ1) is 11.8. The van der Waals surface area contributed by atoms with Crippen molar-refractivity contribution in [2.45, 2.75) is 19.4 Å². The zero-order valence-corrected chi connectivity index (χ0v) is 10.2. The Balaban J connectivity index is 2.03. The Labute approximate surface area is 101 Å². The summed E-state index contributed by atoms with van der Waals surface area (Å²) in [4.78, 5) is 11.5. The topological polar surface area (TPSA) is 47.6 Å². The van der Waals surface area contributed by atoms with E-state index in [9.17, 15) is 4.79 Å². The van der Waals surface area contributed by atoms with Gasteiger partial charge in [-0.2, -0.15) is 0 Å². The molecule has 92 valence electrons. The molecule has 0 aliphatic heterocycles. The number of methoxy groups -OCH3 is 2. The fourth-order valence-corrected chi connectivity index (χ4v) is 1.69. The lowest BCUT2D eigenvalue weighted by Crippen LogP contribution is -2.24. The molecule has 4 heteroatoms. The summed E-state index contributed by atoms with van der Waals surface area (Å²) in [6, 6.07) is 5.56. The number of ether oxygens (including phenoxy) is 2. The Hall–Kier alpha value is -1.71. The predicted octanol–water partition coefficient (Wildman–Crippen LogP) is 1.73. The number of nitrogens with one attached hydrogen (secondary N) is 1. The highest BCUT2D eigenvalue weighted by atomic mass is 16.5. The number of carbonyl (C=O) groups excluding carboxylic acids is 1. The van der Waals surface area contributed by atoms with Crippen LogP contribution in [0.15, 0.2) is 18.2 Å². The van der Waals surface area contributed by atoms with Crippen LogP contribution in [-0.4, -0.2) is 20.1 Å². The third kappa shape index (κ3) is 2.90. The Bertz CT molecular complexity index is 413. The van der Waals surface area contributed by atoms with E-state index in [2.05, 4.69) is 5.32 Å².